The summed E-state index contributed by atoms with van der Waals surface area (Å²) in [5.41, 5.74) is 1.22. The van der Waals surface area contributed by atoms with Crippen LogP contribution in [0.4, 0.5) is 5.82 Å². The van der Waals surface area contributed by atoms with Crippen LogP contribution in [0.1, 0.15) is 25.5 Å². The average Bonchev–Trinajstić information content (AvgIpc) is 2.85. The molecular weight excluding hydrogens is 262 g/mol. The van der Waals surface area contributed by atoms with Gasteiger partial charge in [0, 0.05) is 18.7 Å². The van der Waals surface area contributed by atoms with Crippen molar-refractivity contribution in [2.24, 2.45) is 0 Å². The minimum atomic E-state index is 0. The molecule has 0 aliphatic rings. The Bertz CT molecular complexity index is 494. The summed E-state index contributed by atoms with van der Waals surface area (Å²) in [6.07, 6.45) is 1.82. The Balaban J connectivity index is 0.00000180. The molecule has 4 nitrogen and oxygen atoms in total. The van der Waals surface area contributed by atoms with Gasteiger partial charge < -0.3 is 10.1 Å². The van der Waals surface area contributed by atoms with Crippen molar-refractivity contribution in [1.29, 1.82) is 0 Å². The van der Waals surface area contributed by atoms with E-state index in [2.05, 4.69) is 36.4 Å². The van der Waals surface area contributed by atoms with Crippen molar-refractivity contribution in [3.8, 4) is 5.75 Å². The molecule has 1 N–H and O–H groups in total. The zero-order chi connectivity index (χ0) is 13.0. The molecule has 2 rings (SSSR count). The van der Waals surface area contributed by atoms with Crippen LogP contribution >= 0.6 is 12.4 Å². The minimum absolute atomic E-state index is 0. The fraction of sp³-hybridized carbons (Fsp3) is 0.357. The summed E-state index contributed by atoms with van der Waals surface area (Å²) in [6.45, 7) is 5.01. The van der Waals surface area contributed by atoms with Gasteiger partial charge in [0.1, 0.15) is 11.6 Å². The van der Waals surface area contributed by atoms with Gasteiger partial charge in [0.15, 0.2) is 0 Å². The van der Waals surface area contributed by atoms with E-state index in [1.807, 2.05) is 29.1 Å². The molecule has 1 aromatic carbocycles. The Morgan fingerprint density at radius 1 is 1.21 bits per heavy atom. The molecule has 0 atom stereocenters. The van der Waals surface area contributed by atoms with E-state index in [1.165, 1.54) is 5.56 Å². The second-order valence-electron chi connectivity index (χ2n) is 4.46. The molecule has 0 saturated carbocycles. The zero-order valence-corrected chi connectivity index (χ0v) is 12.3. The number of nitrogens with one attached hydrogen (secondary N) is 1. The summed E-state index contributed by atoms with van der Waals surface area (Å²) in [5, 5.41) is 7.68. The Kier molecular flexibility index (Phi) is 5.70. The summed E-state index contributed by atoms with van der Waals surface area (Å²) in [7, 11) is 1.68. The third kappa shape index (κ3) is 3.89. The maximum absolute atomic E-state index is 5.14. The van der Waals surface area contributed by atoms with Crippen molar-refractivity contribution in [3.05, 3.63) is 42.1 Å². The van der Waals surface area contributed by atoms with Gasteiger partial charge in [-0.25, -0.2) is 4.68 Å². The quantitative estimate of drug-likeness (QED) is 0.912. The van der Waals surface area contributed by atoms with Crippen LogP contribution in [0.2, 0.25) is 0 Å². The van der Waals surface area contributed by atoms with Crippen LogP contribution in [0, 0.1) is 0 Å². The van der Waals surface area contributed by atoms with Gasteiger partial charge in [-0.2, -0.15) is 5.10 Å². The molecular formula is C14H20ClN3O. The van der Waals surface area contributed by atoms with Crippen molar-refractivity contribution in [2.45, 2.75) is 26.4 Å². The zero-order valence-electron chi connectivity index (χ0n) is 11.5. The first-order valence-corrected chi connectivity index (χ1v) is 6.11. The molecule has 0 aliphatic carbocycles. The third-order valence-corrected chi connectivity index (χ3v) is 2.79. The maximum atomic E-state index is 5.14. The van der Waals surface area contributed by atoms with E-state index >= 15 is 0 Å². The molecule has 0 radical (unpaired) electrons. The number of rotatable bonds is 5. The average molecular weight is 282 g/mol. The lowest BCUT2D eigenvalue weighted by Crippen LogP contribution is -2.09. The highest BCUT2D eigenvalue weighted by Crippen LogP contribution is 2.16. The van der Waals surface area contributed by atoms with Crippen molar-refractivity contribution in [2.75, 3.05) is 12.4 Å². The number of methoxy groups -OCH3 is 1. The molecule has 5 heteroatoms. The van der Waals surface area contributed by atoms with Gasteiger partial charge in [-0.3, -0.25) is 0 Å². The fourth-order valence-electron chi connectivity index (χ4n) is 1.80. The van der Waals surface area contributed by atoms with Gasteiger partial charge in [0.05, 0.1) is 13.3 Å². The standard InChI is InChI=1S/C14H19N3O.ClH/c1-11(2)17-14(8-9-16-17)15-10-12-4-6-13(18-3)7-5-12;/h4-9,11,15H,10H2,1-3H3;1H. The molecule has 0 fully saturated rings. The highest BCUT2D eigenvalue weighted by Gasteiger charge is 2.04. The van der Waals surface area contributed by atoms with E-state index < -0.39 is 0 Å². The highest BCUT2D eigenvalue weighted by molar-refractivity contribution is 5.85. The van der Waals surface area contributed by atoms with Gasteiger partial charge in [0.2, 0.25) is 0 Å². The van der Waals surface area contributed by atoms with Crippen molar-refractivity contribution < 1.29 is 4.74 Å². The fourth-order valence-corrected chi connectivity index (χ4v) is 1.80. The third-order valence-electron chi connectivity index (χ3n) is 2.79. The lowest BCUT2D eigenvalue weighted by Gasteiger charge is -2.12. The topological polar surface area (TPSA) is 39.1 Å². The Morgan fingerprint density at radius 2 is 1.89 bits per heavy atom. The van der Waals surface area contributed by atoms with Crippen LogP contribution in [0.15, 0.2) is 36.5 Å². The Labute approximate surface area is 120 Å². The predicted octanol–water partition coefficient (Wildman–Crippen LogP) is 3.51. The Hall–Kier alpha value is -1.68. The largest absolute Gasteiger partial charge is 0.497 e. The van der Waals surface area contributed by atoms with E-state index in [4.69, 9.17) is 4.74 Å². The molecule has 1 aromatic heterocycles. The van der Waals surface area contributed by atoms with Gasteiger partial charge in [-0.15, -0.1) is 12.4 Å². The first kappa shape index (κ1) is 15.4. The minimum Gasteiger partial charge on any atom is -0.497 e. The second kappa shape index (κ2) is 7.04. The monoisotopic (exact) mass is 281 g/mol. The summed E-state index contributed by atoms with van der Waals surface area (Å²) in [5.74, 6) is 1.92. The van der Waals surface area contributed by atoms with Gasteiger partial charge in [-0.05, 0) is 31.5 Å². The molecule has 104 valence electrons. The first-order valence-electron chi connectivity index (χ1n) is 6.11. The van der Waals surface area contributed by atoms with Crippen LogP contribution in [0.5, 0.6) is 5.75 Å². The lowest BCUT2D eigenvalue weighted by molar-refractivity contribution is 0.414. The van der Waals surface area contributed by atoms with Gasteiger partial charge >= 0.3 is 0 Å². The van der Waals surface area contributed by atoms with Crippen LogP contribution in [0.25, 0.3) is 0 Å². The Morgan fingerprint density at radius 3 is 2.47 bits per heavy atom. The SMILES string of the molecule is COc1ccc(CNc2ccnn2C(C)C)cc1.Cl. The number of anilines is 1. The highest BCUT2D eigenvalue weighted by atomic mass is 35.5. The van der Waals surface area contributed by atoms with E-state index in [0.717, 1.165) is 18.1 Å². The molecule has 0 amide bonds. The van der Waals surface area contributed by atoms with Crippen molar-refractivity contribution >= 4 is 18.2 Å². The normalized spacial score (nSPS) is 10.1. The van der Waals surface area contributed by atoms with E-state index in [0.29, 0.717) is 6.04 Å². The molecule has 1 heterocycles. The summed E-state index contributed by atoms with van der Waals surface area (Å²) >= 11 is 0. The first-order chi connectivity index (χ1) is 8.70. The number of hydrogen-bond donors (Lipinski definition) is 1. The van der Waals surface area contributed by atoms with E-state index in [1.54, 1.807) is 7.11 Å². The number of halogens is 1. The lowest BCUT2D eigenvalue weighted by atomic mass is 10.2. The number of benzene rings is 1. The summed E-state index contributed by atoms with van der Waals surface area (Å²) in [4.78, 5) is 0. The van der Waals surface area contributed by atoms with E-state index in [9.17, 15) is 0 Å². The molecule has 0 unspecified atom stereocenters. The van der Waals surface area contributed by atoms with Gasteiger partial charge in [-0.1, -0.05) is 12.1 Å². The summed E-state index contributed by atoms with van der Waals surface area (Å²) < 4.78 is 7.11. The van der Waals surface area contributed by atoms with E-state index in [-0.39, 0.29) is 12.4 Å². The van der Waals surface area contributed by atoms with Gasteiger partial charge in [0.25, 0.3) is 0 Å². The second-order valence-corrected chi connectivity index (χ2v) is 4.46. The van der Waals surface area contributed by atoms with Crippen LogP contribution in [-0.2, 0) is 6.54 Å². The van der Waals surface area contributed by atoms with Crippen molar-refractivity contribution in [3.63, 3.8) is 0 Å². The van der Waals surface area contributed by atoms with Crippen LogP contribution < -0.4 is 10.1 Å². The maximum Gasteiger partial charge on any atom is 0.124 e. The molecule has 19 heavy (non-hydrogen) atoms. The molecule has 2 aromatic rings. The number of nitrogens with zero attached hydrogens (tertiary/aromatic N) is 2. The molecule has 0 saturated heterocycles. The smallest absolute Gasteiger partial charge is 0.124 e. The summed E-state index contributed by atoms with van der Waals surface area (Å²) in [6, 6.07) is 10.4. The number of ether oxygens (including phenoxy) is 1. The molecule has 0 aliphatic heterocycles. The molecule has 0 spiro atoms. The van der Waals surface area contributed by atoms with Crippen LogP contribution in [0.3, 0.4) is 0 Å². The van der Waals surface area contributed by atoms with Crippen LogP contribution in [-0.4, -0.2) is 16.9 Å². The number of hydrogen-bond acceptors (Lipinski definition) is 3. The molecule has 0 bridgehead atoms. The predicted molar refractivity (Wildman–Crippen MR) is 80.2 cm³/mol. The van der Waals surface area contributed by atoms with Crippen molar-refractivity contribution in [1.82, 2.24) is 9.78 Å². The number of aromatic nitrogens is 2.